The highest BCUT2D eigenvalue weighted by Crippen LogP contribution is 2.28. The summed E-state index contributed by atoms with van der Waals surface area (Å²) in [5.74, 6) is 1.37. The summed E-state index contributed by atoms with van der Waals surface area (Å²) in [5, 5.41) is 0. The average molecular weight is 294 g/mol. The molecule has 116 valence electrons. The van der Waals surface area contributed by atoms with Crippen molar-refractivity contribution >= 4 is 5.78 Å². The van der Waals surface area contributed by atoms with E-state index in [1.54, 1.807) is 36.0 Å². The molecule has 0 unspecified atom stereocenters. The number of benzene rings is 1. The Bertz CT molecular complexity index is 482. The minimum atomic E-state index is 0.0317. The fraction of sp³-hybridized carbons (Fsp3) is 0.562. The van der Waals surface area contributed by atoms with Crippen molar-refractivity contribution in [3.63, 3.8) is 0 Å². The van der Waals surface area contributed by atoms with Gasteiger partial charge in [0.1, 0.15) is 39.3 Å². The van der Waals surface area contributed by atoms with Gasteiger partial charge < -0.3 is 19.3 Å². The minimum absolute atomic E-state index is 0.0317. The standard InChI is InChI=1S/C16H24N2O3/c1-13(19)14-4-5-15(16(12-14)20-3)21-11-10-18-8-6-17(2)7-9-18/h4-5,12H,6-11H2,1-3H3/p+2. The quantitative estimate of drug-likeness (QED) is 0.641. The first-order valence-electron chi connectivity index (χ1n) is 7.57. The molecule has 2 N–H and O–H groups in total. The third-order valence-corrected chi connectivity index (χ3v) is 4.09. The third kappa shape index (κ3) is 4.44. The summed E-state index contributed by atoms with van der Waals surface area (Å²) in [6.07, 6.45) is 0. The molecule has 5 heteroatoms. The molecule has 21 heavy (non-hydrogen) atoms. The van der Waals surface area contributed by atoms with Gasteiger partial charge in [-0.15, -0.1) is 0 Å². The number of methoxy groups -OCH3 is 1. The van der Waals surface area contributed by atoms with Gasteiger partial charge >= 0.3 is 0 Å². The summed E-state index contributed by atoms with van der Waals surface area (Å²) in [5.41, 5.74) is 0.645. The van der Waals surface area contributed by atoms with Gasteiger partial charge in [0.25, 0.3) is 0 Å². The van der Waals surface area contributed by atoms with Crippen LogP contribution in [0.25, 0.3) is 0 Å². The zero-order valence-corrected chi connectivity index (χ0v) is 13.2. The molecule has 1 heterocycles. The molecule has 1 fully saturated rings. The van der Waals surface area contributed by atoms with Crippen LogP contribution in [-0.2, 0) is 0 Å². The molecule has 0 aromatic heterocycles. The number of carbonyl (C=O) groups excluding carboxylic acids is 1. The van der Waals surface area contributed by atoms with Crippen LogP contribution in [0.5, 0.6) is 11.5 Å². The Morgan fingerprint density at radius 3 is 2.52 bits per heavy atom. The Balaban J connectivity index is 1.86. The van der Waals surface area contributed by atoms with Gasteiger partial charge in [-0.2, -0.15) is 0 Å². The Hall–Kier alpha value is -1.59. The number of rotatable bonds is 6. The average Bonchev–Trinajstić information content (AvgIpc) is 2.49. The second kappa shape index (κ2) is 7.43. The number of Topliss-reactive ketones (excluding diaryl/α,β-unsaturated/α-hetero) is 1. The maximum absolute atomic E-state index is 11.4. The molecule has 0 amide bonds. The molecule has 1 aliphatic heterocycles. The van der Waals surface area contributed by atoms with E-state index in [1.807, 2.05) is 6.07 Å². The van der Waals surface area contributed by atoms with Crippen molar-refractivity contribution in [2.75, 3.05) is 53.5 Å². The van der Waals surface area contributed by atoms with E-state index in [-0.39, 0.29) is 5.78 Å². The monoisotopic (exact) mass is 294 g/mol. The van der Waals surface area contributed by atoms with E-state index in [0.29, 0.717) is 23.7 Å². The number of likely N-dealkylation sites (N-methyl/N-ethyl adjacent to an activating group) is 1. The van der Waals surface area contributed by atoms with Gasteiger partial charge in [0.05, 0.1) is 14.2 Å². The zero-order chi connectivity index (χ0) is 15.2. The molecule has 0 saturated carbocycles. The lowest BCUT2D eigenvalue weighted by Gasteiger charge is -2.27. The molecule has 1 aromatic rings. The van der Waals surface area contributed by atoms with E-state index >= 15 is 0 Å². The summed E-state index contributed by atoms with van der Waals surface area (Å²) < 4.78 is 11.1. The van der Waals surface area contributed by atoms with E-state index < -0.39 is 0 Å². The van der Waals surface area contributed by atoms with Crippen LogP contribution in [0.4, 0.5) is 0 Å². The molecule has 0 bridgehead atoms. The Morgan fingerprint density at radius 1 is 1.19 bits per heavy atom. The van der Waals surface area contributed by atoms with Gasteiger partial charge in [-0.25, -0.2) is 0 Å². The smallest absolute Gasteiger partial charge is 0.161 e. The molecule has 1 aromatic carbocycles. The van der Waals surface area contributed by atoms with Crippen LogP contribution < -0.4 is 19.3 Å². The van der Waals surface area contributed by atoms with Gasteiger partial charge in [0.2, 0.25) is 0 Å². The summed E-state index contributed by atoms with van der Waals surface area (Å²) >= 11 is 0. The van der Waals surface area contributed by atoms with E-state index in [9.17, 15) is 4.79 Å². The maximum Gasteiger partial charge on any atom is 0.161 e. The highest BCUT2D eigenvalue weighted by Gasteiger charge is 2.19. The van der Waals surface area contributed by atoms with Crippen molar-refractivity contribution < 1.29 is 24.1 Å². The lowest BCUT2D eigenvalue weighted by molar-refractivity contribution is -1.00. The highest BCUT2D eigenvalue weighted by atomic mass is 16.5. The van der Waals surface area contributed by atoms with Crippen LogP contribution in [0.3, 0.4) is 0 Å². The fourth-order valence-corrected chi connectivity index (χ4v) is 2.59. The molecule has 2 rings (SSSR count). The Kier molecular flexibility index (Phi) is 5.59. The second-order valence-electron chi connectivity index (χ2n) is 5.73. The number of piperazine rings is 1. The van der Waals surface area contributed by atoms with Crippen molar-refractivity contribution in [1.82, 2.24) is 0 Å². The zero-order valence-electron chi connectivity index (χ0n) is 13.2. The molecule has 0 atom stereocenters. The van der Waals surface area contributed by atoms with Crippen LogP contribution in [0.1, 0.15) is 17.3 Å². The third-order valence-electron chi connectivity index (χ3n) is 4.09. The predicted octanol–water partition coefficient (Wildman–Crippen LogP) is -1.31. The predicted molar refractivity (Wildman–Crippen MR) is 80.7 cm³/mol. The lowest BCUT2D eigenvalue weighted by atomic mass is 10.1. The molecule has 0 aliphatic carbocycles. The molecular formula is C16H26N2O3+2. The van der Waals surface area contributed by atoms with Crippen LogP contribution >= 0.6 is 0 Å². The fourth-order valence-electron chi connectivity index (χ4n) is 2.59. The van der Waals surface area contributed by atoms with Crippen molar-refractivity contribution in [2.24, 2.45) is 0 Å². The number of nitrogens with one attached hydrogen (secondary N) is 2. The Labute approximate surface area is 126 Å². The SMILES string of the molecule is COc1cc(C(C)=O)ccc1OCC[NH+]1CC[NH+](C)CC1. The van der Waals surface area contributed by atoms with Gasteiger partial charge in [-0.1, -0.05) is 0 Å². The minimum Gasteiger partial charge on any atom is -0.493 e. The van der Waals surface area contributed by atoms with E-state index in [0.717, 1.165) is 6.54 Å². The van der Waals surface area contributed by atoms with E-state index in [1.165, 1.54) is 26.2 Å². The highest BCUT2D eigenvalue weighted by molar-refractivity contribution is 5.94. The van der Waals surface area contributed by atoms with Crippen molar-refractivity contribution in [1.29, 1.82) is 0 Å². The molecule has 1 saturated heterocycles. The van der Waals surface area contributed by atoms with E-state index in [4.69, 9.17) is 9.47 Å². The summed E-state index contributed by atoms with van der Waals surface area (Å²) in [6.45, 7) is 8.09. The molecule has 0 radical (unpaired) electrons. The molecular weight excluding hydrogens is 268 g/mol. The van der Waals surface area contributed by atoms with E-state index in [2.05, 4.69) is 7.05 Å². The summed E-state index contributed by atoms with van der Waals surface area (Å²) in [4.78, 5) is 14.6. The Morgan fingerprint density at radius 2 is 1.90 bits per heavy atom. The number of ketones is 1. The number of carbonyl (C=O) groups is 1. The summed E-state index contributed by atoms with van der Waals surface area (Å²) in [7, 11) is 3.84. The molecule has 0 spiro atoms. The summed E-state index contributed by atoms with van der Waals surface area (Å²) in [6, 6.07) is 5.34. The van der Waals surface area contributed by atoms with Gasteiger partial charge in [0.15, 0.2) is 17.3 Å². The number of ether oxygens (including phenoxy) is 2. The normalized spacial score (nSPS) is 21.9. The topological polar surface area (TPSA) is 44.4 Å². The first-order chi connectivity index (χ1) is 10.1. The largest absolute Gasteiger partial charge is 0.493 e. The van der Waals surface area contributed by atoms with Gasteiger partial charge in [0, 0.05) is 5.56 Å². The van der Waals surface area contributed by atoms with Crippen molar-refractivity contribution in [3.05, 3.63) is 23.8 Å². The lowest BCUT2D eigenvalue weighted by Crippen LogP contribution is -3.27. The number of quaternary nitrogens is 2. The van der Waals surface area contributed by atoms with Gasteiger partial charge in [-0.05, 0) is 25.1 Å². The van der Waals surface area contributed by atoms with Crippen LogP contribution in [0.15, 0.2) is 18.2 Å². The first kappa shape index (κ1) is 15.8. The van der Waals surface area contributed by atoms with Crippen LogP contribution in [-0.4, -0.2) is 59.3 Å². The molecule has 1 aliphatic rings. The van der Waals surface area contributed by atoms with Crippen LogP contribution in [0, 0.1) is 0 Å². The van der Waals surface area contributed by atoms with Crippen molar-refractivity contribution in [2.45, 2.75) is 6.92 Å². The van der Waals surface area contributed by atoms with Gasteiger partial charge in [-0.3, -0.25) is 4.79 Å². The second-order valence-corrected chi connectivity index (χ2v) is 5.73. The number of hydrogen-bond donors (Lipinski definition) is 2. The number of hydrogen-bond acceptors (Lipinski definition) is 3. The maximum atomic E-state index is 11.4. The first-order valence-corrected chi connectivity index (χ1v) is 7.57. The van der Waals surface area contributed by atoms with Crippen molar-refractivity contribution in [3.8, 4) is 11.5 Å². The van der Waals surface area contributed by atoms with Crippen LogP contribution in [0.2, 0.25) is 0 Å². The molecule has 5 nitrogen and oxygen atoms in total.